The van der Waals surface area contributed by atoms with Crippen molar-refractivity contribution in [3.8, 4) is 0 Å². The van der Waals surface area contributed by atoms with Crippen LogP contribution in [0, 0.1) is 10.1 Å². The van der Waals surface area contributed by atoms with Crippen molar-refractivity contribution in [1.82, 2.24) is 10.3 Å². The molecular weight excluding hydrogens is 350 g/mol. The van der Waals surface area contributed by atoms with Gasteiger partial charge in [-0.25, -0.2) is 0 Å². The highest BCUT2D eigenvalue weighted by molar-refractivity contribution is 6.33. The van der Waals surface area contributed by atoms with Crippen LogP contribution in [0.4, 0.5) is 11.7 Å². The lowest BCUT2D eigenvalue weighted by atomic mass is 10.2. The number of halogens is 1. The molecule has 3 N–H and O–H groups in total. The number of nitro groups is 1. The van der Waals surface area contributed by atoms with Crippen molar-refractivity contribution in [2.24, 2.45) is 10.7 Å². The summed E-state index contributed by atoms with van der Waals surface area (Å²) in [5.41, 5.74) is 6.58. The van der Waals surface area contributed by atoms with Gasteiger partial charge >= 0.3 is 6.01 Å². The van der Waals surface area contributed by atoms with Crippen molar-refractivity contribution in [1.29, 1.82) is 0 Å². The molecule has 0 saturated heterocycles. The van der Waals surface area contributed by atoms with Gasteiger partial charge in [-0.05, 0) is 24.3 Å². The number of nitrogens with one attached hydrogen (secondary N) is 1. The largest absolute Gasteiger partial charge is 0.422 e. The minimum Gasteiger partial charge on any atom is -0.422 e. The van der Waals surface area contributed by atoms with Gasteiger partial charge in [-0.1, -0.05) is 23.7 Å². The third-order valence-corrected chi connectivity index (χ3v) is 3.45. The van der Waals surface area contributed by atoms with Crippen LogP contribution < -0.4 is 11.1 Å². The number of hydrogen-bond acceptors (Lipinski definition) is 6. The maximum absolute atomic E-state index is 12.1. The molecule has 1 heterocycles. The van der Waals surface area contributed by atoms with Crippen molar-refractivity contribution in [3.05, 3.63) is 63.2 Å². The van der Waals surface area contributed by atoms with Crippen LogP contribution in [-0.4, -0.2) is 21.8 Å². The third-order valence-electron chi connectivity index (χ3n) is 3.15. The number of aliphatic imine (C=N–C) groups is 1. The average Bonchev–Trinajstić information content (AvgIpc) is 2.96. The Hall–Kier alpha value is -3.46. The van der Waals surface area contributed by atoms with E-state index in [0.29, 0.717) is 11.1 Å². The van der Waals surface area contributed by atoms with E-state index < -0.39 is 10.8 Å². The number of guanidine groups is 1. The Morgan fingerprint density at radius 3 is 2.76 bits per heavy atom. The number of benzene rings is 2. The summed E-state index contributed by atoms with van der Waals surface area (Å²) in [7, 11) is 0. The molecule has 0 aliphatic rings. The second kappa shape index (κ2) is 6.57. The Bertz CT molecular complexity index is 981. The van der Waals surface area contributed by atoms with Crippen LogP contribution in [0.2, 0.25) is 5.02 Å². The van der Waals surface area contributed by atoms with Crippen LogP contribution in [0.1, 0.15) is 10.4 Å². The quantitative estimate of drug-likeness (QED) is 0.319. The molecule has 1 aromatic heterocycles. The van der Waals surface area contributed by atoms with E-state index in [-0.39, 0.29) is 28.2 Å². The molecule has 0 aliphatic heterocycles. The Morgan fingerprint density at radius 1 is 1.32 bits per heavy atom. The van der Waals surface area contributed by atoms with E-state index in [2.05, 4.69) is 15.3 Å². The van der Waals surface area contributed by atoms with Crippen LogP contribution in [0.15, 0.2) is 51.9 Å². The first kappa shape index (κ1) is 16.4. The van der Waals surface area contributed by atoms with Gasteiger partial charge in [-0.3, -0.25) is 20.2 Å². The number of carbonyl (C=O) groups is 1. The molecule has 1 amide bonds. The van der Waals surface area contributed by atoms with Crippen molar-refractivity contribution >= 4 is 46.3 Å². The number of carbonyl (C=O) groups excluding carboxylic acids is 1. The summed E-state index contributed by atoms with van der Waals surface area (Å²) in [5, 5.41) is 12.9. The smallest absolute Gasteiger partial charge is 0.325 e. The lowest BCUT2D eigenvalue weighted by Gasteiger charge is -2.04. The van der Waals surface area contributed by atoms with Gasteiger partial charge in [0.05, 0.1) is 4.92 Å². The highest BCUT2D eigenvalue weighted by Crippen LogP contribution is 2.25. The minimum absolute atomic E-state index is 0.0132. The molecule has 0 bridgehead atoms. The second-order valence-corrected chi connectivity index (χ2v) is 5.25. The summed E-state index contributed by atoms with van der Waals surface area (Å²) >= 11 is 5.77. The number of para-hydroxylation sites is 2. The number of hydrogen-bond donors (Lipinski definition) is 2. The zero-order valence-electron chi connectivity index (χ0n) is 12.5. The Kier molecular flexibility index (Phi) is 4.31. The summed E-state index contributed by atoms with van der Waals surface area (Å²) in [6.07, 6.45) is 0. The molecule has 9 nitrogen and oxygen atoms in total. The predicted molar refractivity (Wildman–Crippen MR) is 90.9 cm³/mol. The van der Waals surface area contributed by atoms with Crippen molar-refractivity contribution in [3.63, 3.8) is 0 Å². The molecule has 126 valence electrons. The first-order valence-corrected chi connectivity index (χ1v) is 7.27. The number of nitro benzene ring substituents is 1. The fourth-order valence-electron chi connectivity index (χ4n) is 2.02. The van der Waals surface area contributed by atoms with Gasteiger partial charge in [0.25, 0.3) is 11.6 Å². The van der Waals surface area contributed by atoms with E-state index in [1.54, 1.807) is 24.3 Å². The molecule has 0 atom stereocenters. The topological polar surface area (TPSA) is 137 Å². The zero-order valence-corrected chi connectivity index (χ0v) is 13.2. The molecule has 0 fully saturated rings. The van der Waals surface area contributed by atoms with Gasteiger partial charge in [0.1, 0.15) is 10.5 Å². The SMILES string of the molecule is N/C(=N/c1nc2ccccc2o1)NC(=O)c1ccc([N+](=O)[O-])c(Cl)c1. The van der Waals surface area contributed by atoms with E-state index in [1.165, 1.54) is 12.1 Å². The molecule has 0 aliphatic carbocycles. The number of nitrogens with two attached hydrogens (primary N) is 1. The normalized spacial score (nSPS) is 11.5. The maximum Gasteiger partial charge on any atom is 0.325 e. The van der Waals surface area contributed by atoms with Gasteiger partial charge in [-0.15, -0.1) is 0 Å². The van der Waals surface area contributed by atoms with Gasteiger partial charge in [0.15, 0.2) is 5.58 Å². The molecule has 3 rings (SSSR count). The molecule has 3 aromatic rings. The van der Waals surface area contributed by atoms with E-state index in [1.807, 2.05) is 0 Å². The van der Waals surface area contributed by atoms with Gasteiger partial charge in [-0.2, -0.15) is 9.98 Å². The van der Waals surface area contributed by atoms with E-state index >= 15 is 0 Å². The van der Waals surface area contributed by atoms with E-state index in [9.17, 15) is 14.9 Å². The summed E-state index contributed by atoms with van der Waals surface area (Å²) in [6.45, 7) is 0. The van der Waals surface area contributed by atoms with Crippen molar-refractivity contribution in [2.45, 2.75) is 0 Å². The second-order valence-electron chi connectivity index (χ2n) is 4.84. The first-order valence-electron chi connectivity index (χ1n) is 6.89. The summed E-state index contributed by atoms with van der Waals surface area (Å²) < 4.78 is 5.36. The number of nitrogens with zero attached hydrogens (tertiary/aromatic N) is 3. The number of oxazole rings is 1. The molecule has 0 unspecified atom stereocenters. The summed E-state index contributed by atoms with van der Waals surface area (Å²) in [6, 6.07) is 10.6. The third kappa shape index (κ3) is 3.56. The summed E-state index contributed by atoms with van der Waals surface area (Å²) in [4.78, 5) is 30.1. The minimum atomic E-state index is -0.646. The molecule has 0 saturated carbocycles. The van der Waals surface area contributed by atoms with Gasteiger partial charge < -0.3 is 10.2 Å². The molecule has 0 spiro atoms. The fourth-order valence-corrected chi connectivity index (χ4v) is 2.27. The predicted octanol–water partition coefficient (Wildman–Crippen LogP) is 2.77. The molecule has 10 heteroatoms. The number of amides is 1. The van der Waals surface area contributed by atoms with Crippen LogP contribution in [0.3, 0.4) is 0 Å². The molecule has 25 heavy (non-hydrogen) atoms. The lowest BCUT2D eigenvalue weighted by molar-refractivity contribution is -0.384. The standard InChI is InChI=1S/C15H10ClN5O4/c16-9-7-8(5-6-11(9)21(23)24)13(22)19-14(17)20-15-18-10-3-1-2-4-12(10)25-15/h1-7H,(H3,17,18,19,20,22). The number of fused-ring (bicyclic) bond motifs is 1. The Balaban J connectivity index is 1.77. The highest BCUT2D eigenvalue weighted by atomic mass is 35.5. The van der Waals surface area contributed by atoms with Crippen LogP contribution >= 0.6 is 11.6 Å². The molecule has 0 radical (unpaired) electrons. The van der Waals surface area contributed by atoms with Crippen molar-refractivity contribution < 1.29 is 14.1 Å². The lowest BCUT2D eigenvalue weighted by Crippen LogP contribution is -2.36. The molecular formula is C15H10ClN5O4. The molecule has 2 aromatic carbocycles. The Morgan fingerprint density at radius 2 is 2.08 bits per heavy atom. The maximum atomic E-state index is 12.1. The number of aromatic nitrogens is 1. The summed E-state index contributed by atoms with van der Waals surface area (Å²) in [5.74, 6) is -0.875. The fraction of sp³-hybridized carbons (Fsp3) is 0. The van der Waals surface area contributed by atoms with Crippen molar-refractivity contribution in [2.75, 3.05) is 0 Å². The van der Waals surface area contributed by atoms with E-state index in [4.69, 9.17) is 21.8 Å². The Labute approximate surface area is 145 Å². The first-order chi connectivity index (χ1) is 11.9. The van der Waals surface area contributed by atoms with Gasteiger partial charge in [0, 0.05) is 11.6 Å². The average molecular weight is 360 g/mol. The highest BCUT2D eigenvalue weighted by Gasteiger charge is 2.16. The van der Waals surface area contributed by atoms with Crippen LogP contribution in [0.5, 0.6) is 0 Å². The van der Waals surface area contributed by atoms with Crippen LogP contribution in [0.25, 0.3) is 11.1 Å². The monoisotopic (exact) mass is 359 g/mol. The zero-order chi connectivity index (χ0) is 18.0. The number of rotatable bonds is 3. The van der Waals surface area contributed by atoms with Crippen LogP contribution in [-0.2, 0) is 0 Å². The van der Waals surface area contributed by atoms with E-state index in [0.717, 1.165) is 6.07 Å². The van der Waals surface area contributed by atoms with Gasteiger partial charge in [0.2, 0.25) is 5.96 Å².